The second kappa shape index (κ2) is 5.52. The Morgan fingerprint density at radius 1 is 1.29 bits per heavy atom. The molecule has 1 fully saturated rings. The summed E-state index contributed by atoms with van der Waals surface area (Å²) in [5, 5.41) is 0. The van der Waals surface area contributed by atoms with Crippen LogP contribution in [-0.2, 0) is 0 Å². The molecule has 1 atom stereocenters. The van der Waals surface area contributed by atoms with Crippen LogP contribution in [0.3, 0.4) is 0 Å². The van der Waals surface area contributed by atoms with Gasteiger partial charge < -0.3 is 10.6 Å². The molecule has 1 saturated heterocycles. The number of nitrogens with two attached hydrogens (primary N) is 1. The molecule has 3 rings (SSSR count). The molecule has 0 radical (unpaired) electrons. The second-order valence-electron chi connectivity index (χ2n) is 5.23. The summed E-state index contributed by atoms with van der Waals surface area (Å²) in [6.45, 7) is 1.16. The van der Waals surface area contributed by atoms with Crippen molar-refractivity contribution >= 4 is 11.7 Å². The van der Waals surface area contributed by atoms with E-state index in [-0.39, 0.29) is 17.6 Å². The minimum Gasteiger partial charge on any atom is -0.384 e. The van der Waals surface area contributed by atoms with Crippen molar-refractivity contribution in [2.75, 3.05) is 18.8 Å². The van der Waals surface area contributed by atoms with Crippen molar-refractivity contribution in [3.63, 3.8) is 0 Å². The zero-order valence-electron chi connectivity index (χ0n) is 11.5. The molecule has 108 valence electrons. The standard InChI is InChI=1S/C16H16FN3O/c17-14-4-2-1-3-13(14)12-7-8-20(10-12)16(21)11-5-6-15(18)19-9-11/h1-6,9,12H,7-8,10H2,(H2,18,19). The SMILES string of the molecule is Nc1ccc(C(=O)N2CCC(c3ccccc3F)C2)cn1. The molecule has 1 aromatic heterocycles. The van der Waals surface area contributed by atoms with E-state index in [4.69, 9.17) is 5.73 Å². The fourth-order valence-electron chi connectivity index (χ4n) is 2.72. The van der Waals surface area contributed by atoms with Crippen molar-refractivity contribution in [3.05, 3.63) is 59.5 Å². The Balaban J connectivity index is 1.74. The Labute approximate surface area is 122 Å². The van der Waals surface area contributed by atoms with Crippen LogP contribution < -0.4 is 5.73 Å². The Hall–Kier alpha value is -2.43. The fourth-order valence-corrected chi connectivity index (χ4v) is 2.72. The van der Waals surface area contributed by atoms with Gasteiger partial charge in [0.05, 0.1) is 5.56 Å². The van der Waals surface area contributed by atoms with Crippen LogP contribution in [0.1, 0.15) is 28.3 Å². The minimum atomic E-state index is -0.203. The number of carbonyl (C=O) groups is 1. The lowest BCUT2D eigenvalue weighted by Crippen LogP contribution is -2.28. The number of nitrogen functional groups attached to an aromatic ring is 1. The first kappa shape index (κ1) is 13.5. The van der Waals surface area contributed by atoms with Gasteiger partial charge >= 0.3 is 0 Å². The van der Waals surface area contributed by atoms with Crippen molar-refractivity contribution in [2.24, 2.45) is 0 Å². The van der Waals surface area contributed by atoms with Gasteiger partial charge in [-0.15, -0.1) is 0 Å². The maximum absolute atomic E-state index is 13.8. The molecule has 0 bridgehead atoms. The number of halogens is 1. The summed E-state index contributed by atoms with van der Waals surface area (Å²) in [4.78, 5) is 18.0. The molecule has 4 nitrogen and oxygen atoms in total. The third-order valence-corrected chi connectivity index (χ3v) is 3.85. The molecule has 2 aromatic rings. The highest BCUT2D eigenvalue weighted by Crippen LogP contribution is 2.29. The van der Waals surface area contributed by atoms with E-state index in [0.717, 1.165) is 6.42 Å². The van der Waals surface area contributed by atoms with E-state index in [2.05, 4.69) is 4.98 Å². The number of hydrogen-bond donors (Lipinski definition) is 1. The molecule has 1 aliphatic heterocycles. The maximum Gasteiger partial charge on any atom is 0.255 e. The summed E-state index contributed by atoms with van der Waals surface area (Å²) in [5.41, 5.74) is 6.71. The highest BCUT2D eigenvalue weighted by molar-refractivity contribution is 5.94. The van der Waals surface area contributed by atoms with Crippen LogP contribution in [-0.4, -0.2) is 28.9 Å². The largest absolute Gasteiger partial charge is 0.384 e. The van der Waals surface area contributed by atoms with Crippen LogP contribution in [0.2, 0.25) is 0 Å². The van der Waals surface area contributed by atoms with E-state index in [1.807, 2.05) is 6.07 Å². The molecule has 1 amide bonds. The lowest BCUT2D eigenvalue weighted by Gasteiger charge is -2.17. The van der Waals surface area contributed by atoms with Gasteiger partial charge in [-0.25, -0.2) is 9.37 Å². The number of aromatic nitrogens is 1. The van der Waals surface area contributed by atoms with Gasteiger partial charge in [0, 0.05) is 25.2 Å². The van der Waals surface area contributed by atoms with Crippen molar-refractivity contribution in [1.29, 1.82) is 0 Å². The summed E-state index contributed by atoms with van der Waals surface area (Å²) >= 11 is 0. The van der Waals surface area contributed by atoms with Crippen molar-refractivity contribution < 1.29 is 9.18 Å². The molecule has 0 aliphatic carbocycles. The number of benzene rings is 1. The quantitative estimate of drug-likeness (QED) is 0.922. The molecule has 1 aliphatic rings. The van der Waals surface area contributed by atoms with Crippen LogP contribution in [0.25, 0.3) is 0 Å². The van der Waals surface area contributed by atoms with Gasteiger partial charge in [-0.2, -0.15) is 0 Å². The molecule has 2 N–H and O–H groups in total. The Morgan fingerprint density at radius 2 is 2.10 bits per heavy atom. The molecule has 1 aromatic carbocycles. The number of anilines is 1. The molecule has 1 unspecified atom stereocenters. The second-order valence-corrected chi connectivity index (χ2v) is 5.23. The maximum atomic E-state index is 13.8. The predicted molar refractivity (Wildman–Crippen MR) is 78.3 cm³/mol. The zero-order chi connectivity index (χ0) is 14.8. The van der Waals surface area contributed by atoms with Crippen LogP contribution in [0.15, 0.2) is 42.6 Å². The zero-order valence-corrected chi connectivity index (χ0v) is 11.5. The number of rotatable bonds is 2. The van der Waals surface area contributed by atoms with Gasteiger partial charge in [0.2, 0.25) is 0 Å². The van der Waals surface area contributed by atoms with Gasteiger partial charge in [-0.1, -0.05) is 18.2 Å². The normalized spacial score (nSPS) is 18.0. The van der Waals surface area contributed by atoms with Crippen LogP contribution >= 0.6 is 0 Å². The Bertz CT molecular complexity index is 657. The van der Waals surface area contributed by atoms with Gasteiger partial charge in [0.15, 0.2) is 0 Å². The van der Waals surface area contributed by atoms with Crippen LogP contribution in [0.5, 0.6) is 0 Å². The number of carbonyl (C=O) groups excluding carboxylic acids is 1. The monoisotopic (exact) mass is 285 g/mol. The molecule has 0 spiro atoms. The molecular formula is C16H16FN3O. The molecule has 0 saturated carbocycles. The Kier molecular flexibility index (Phi) is 3.56. The molecule has 2 heterocycles. The molecule has 21 heavy (non-hydrogen) atoms. The summed E-state index contributed by atoms with van der Waals surface area (Å²) in [5.74, 6) is 0.154. The van der Waals surface area contributed by atoms with Crippen molar-refractivity contribution in [1.82, 2.24) is 9.88 Å². The fraction of sp³-hybridized carbons (Fsp3) is 0.250. The summed E-state index contributed by atoms with van der Waals surface area (Å²) in [7, 11) is 0. The first-order valence-corrected chi connectivity index (χ1v) is 6.90. The lowest BCUT2D eigenvalue weighted by molar-refractivity contribution is 0.0790. The van der Waals surface area contributed by atoms with E-state index in [0.29, 0.717) is 30.0 Å². The smallest absolute Gasteiger partial charge is 0.255 e. The van der Waals surface area contributed by atoms with Gasteiger partial charge in [0.25, 0.3) is 5.91 Å². The Morgan fingerprint density at radius 3 is 2.81 bits per heavy atom. The van der Waals surface area contributed by atoms with Gasteiger partial charge in [0.1, 0.15) is 11.6 Å². The van der Waals surface area contributed by atoms with E-state index >= 15 is 0 Å². The first-order chi connectivity index (χ1) is 10.1. The predicted octanol–water partition coefficient (Wildman–Crippen LogP) is 2.43. The summed E-state index contributed by atoms with van der Waals surface area (Å²) < 4.78 is 13.8. The third-order valence-electron chi connectivity index (χ3n) is 3.85. The average Bonchev–Trinajstić information content (AvgIpc) is 2.97. The first-order valence-electron chi connectivity index (χ1n) is 6.90. The number of amides is 1. The highest BCUT2D eigenvalue weighted by Gasteiger charge is 2.29. The summed E-state index contributed by atoms with van der Waals surface area (Å²) in [6.07, 6.45) is 2.25. The number of likely N-dealkylation sites (tertiary alicyclic amines) is 1. The van der Waals surface area contributed by atoms with E-state index in [1.54, 1.807) is 29.2 Å². The minimum absolute atomic E-state index is 0.0527. The lowest BCUT2D eigenvalue weighted by atomic mass is 9.98. The van der Waals surface area contributed by atoms with E-state index in [9.17, 15) is 9.18 Å². The van der Waals surface area contributed by atoms with Crippen LogP contribution in [0.4, 0.5) is 10.2 Å². The van der Waals surface area contributed by atoms with Gasteiger partial charge in [-0.3, -0.25) is 4.79 Å². The summed E-state index contributed by atoms with van der Waals surface area (Å²) in [6, 6.07) is 10.0. The van der Waals surface area contributed by atoms with E-state index in [1.165, 1.54) is 12.3 Å². The molecular weight excluding hydrogens is 269 g/mol. The topological polar surface area (TPSA) is 59.2 Å². The van der Waals surface area contributed by atoms with E-state index < -0.39 is 0 Å². The number of pyridine rings is 1. The average molecular weight is 285 g/mol. The number of hydrogen-bond acceptors (Lipinski definition) is 3. The van der Waals surface area contributed by atoms with Crippen molar-refractivity contribution in [2.45, 2.75) is 12.3 Å². The van der Waals surface area contributed by atoms with Crippen LogP contribution in [0, 0.1) is 5.82 Å². The molecule has 5 heteroatoms. The highest BCUT2D eigenvalue weighted by atomic mass is 19.1. The van der Waals surface area contributed by atoms with Crippen molar-refractivity contribution in [3.8, 4) is 0 Å². The van der Waals surface area contributed by atoms with Gasteiger partial charge in [-0.05, 0) is 30.2 Å². The third kappa shape index (κ3) is 2.72. The number of nitrogens with zero attached hydrogens (tertiary/aromatic N) is 2.